The van der Waals surface area contributed by atoms with Crippen molar-refractivity contribution in [3.63, 3.8) is 0 Å². The smallest absolute Gasteiger partial charge is 0.137 e. The molecular weight excluding hydrogens is 671 g/mol. The Balaban J connectivity index is 0.998. The Labute approximate surface area is 308 Å². The Morgan fingerprint density at radius 2 is 0.788 bits per heavy atom. The summed E-state index contributed by atoms with van der Waals surface area (Å²) in [5.41, 5.74) is 9.83. The van der Waals surface area contributed by atoms with E-state index in [2.05, 4.69) is 169 Å². The van der Waals surface area contributed by atoms with Gasteiger partial charge in [0, 0.05) is 74.2 Å². The third-order valence-electron chi connectivity index (χ3n) is 10.3. The Kier molecular flexibility index (Phi) is 6.63. The van der Waals surface area contributed by atoms with E-state index in [1.807, 2.05) is 34.8 Å². The lowest BCUT2D eigenvalue weighted by atomic mass is 10.0. The van der Waals surface area contributed by atoms with Gasteiger partial charge in [0.05, 0.1) is 0 Å². The van der Waals surface area contributed by atoms with E-state index in [4.69, 9.17) is 4.42 Å². The lowest BCUT2D eigenvalue weighted by Gasteiger charge is -2.26. The molecule has 0 aliphatic carbocycles. The Bertz CT molecular complexity index is 3130. The molecule has 4 heteroatoms. The molecule has 0 aliphatic rings. The van der Waals surface area contributed by atoms with E-state index in [9.17, 15) is 0 Å². The van der Waals surface area contributed by atoms with Crippen molar-refractivity contribution in [3.05, 3.63) is 176 Å². The van der Waals surface area contributed by atoms with Gasteiger partial charge in [0.15, 0.2) is 0 Å². The largest absolute Gasteiger partial charge is 0.456 e. The molecule has 0 saturated carbocycles. The van der Waals surface area contributed by atoms with Crippen molar-refractivity contribution < 1.29 is 4.42 Å². The molecule has 0 radical (unpaired) electrons. The van der Waals surface area contributed by atoms with E-state index in [0.717, 1.165) is 39.0 Å². The molecule has 0 atom stereocenters. The van der Waals surface area contributed by atoms with Crippen molar-refractivity contribution in [2.24, 2.45) is 0 Å². The summed E-state index contributed by atoms with van der Waals surface area (Å²) in [4.78, 5) is 2.32. The first-order chi connectivity index (χ1) is 25.7. The van der Waals surface area contributed by atoms with Gasteiger partial charge in [-0.15, -0.1) is 22.7 Å². The molecule has 0 fully saturated rings. The van der Waals surface area contributed by atoms with Crippen molar-refractivity contribution >= 4 is 102 Å². The molecule has 2 nitrogen and oxygen atoms in total. The highest BCUT2D eigenvalue weighted by atomic mass is 32.1. The summed E-state index contributed by atoms with van der Waals surface area (Å²) in [7, 11) is 0. The van der Waals surface area contributed by atoms with Crippen LogP contribution in [0.1, 0.15) is 0 Å². The number of thiophene rings is 2. The van der Waals surface area contributed by atoms with Gasteiger partial charge in [-0.05, 0) is 95.1 Å². The number of rotatable bonds is 5. The highest BCUT2D eigenvalue weighted by Crippen LogP contribution is 2.42. The van der Waals surface area contributed by atoms with Gasteiger partial charge >= 0.3 is 0 Å². The first kappa shape index (κ1) is 29.5. The number of anilines is 3. The Morgan fingerprint density at radius 1 is 0.308 bits per heavy atom. The number of furan rings is 1. The summed E-state index contributed by atoms with van der Waals surface area (Å²) in [5, 5.41) is 7.54. The van der Waals surface area contributed by atoms with Gasteiger partial charge in [-0.2, -0.15) is 0 Å². The average molecular weight is 700 g/mol. The van der Waals surface area contributed by atoms with Crippen LogP contribution in [0.2, 0.25) is 0 Å². The number of nitrogens with zero attached hydrogens (tertiary/aromatic N) is 1. The fourth-order valence-electron chi connectivity index (χ4n) is 7.72. The minimum absolute atomic E-state index is 0.880. The van der Waals surface area contributed by atoms with Crippen LogP contribution in [0.5, 0.6) is 0 Å². The monoisotopic (exact) mass is 699 g/mol. The van der Waals surface area contributed by atoms with Gasteiger partial charge < -0.3 is 9.32 Å². The highest BCUT2D eigenvalue weighted by molar-refractivity contribution is 7.26. The van der Waals surface area contributed by atoms with Crippen LogP contribution in [0, 0.1) is 0 Å². The molecule has 0 amide bonds. The molecule has 244 valence electrons. The van der Waals surface area contributed by atoms with Crippen LogP contribution in [-0.2, 0) is 0 Å². The second kappa shape index (κ2) is 11.7. The Hall–Kier alpha value is -6.20. The molecule has 0 saturated heterocycles. The maximum atomic E-state index is 6.36. The summed E-state index contributed by atoms with van der Waals surface area (Å²) < 4.78 is 11.6. The minimum Gasteiger partial charge on any atom is -0.456 e. The van der Waals surface area contributed by atoms with Crippen molar-refractivity contribution in [1.29, 1.82) is 0 Å². The fraction of sp³-hybridized carbons (Fsp3) is 0. The first-order valence-corrected chi connectivity index (χ1v) is 19.1. The maximum absolute atomic E-state index is 6.36. The molecule has 8 aromatic carbocycles. The van der Waals surface area contributed by atoms with Crippen LogP contribution in [0.4, 0.5) is 17.1 Å². The number of benzene rings is 8. The van der Waals surface area contributed by atoms with Gasteiger partial charge in [0.2, 0.25) is 0 Å². The zero-order valence-corrected chi connectivity index (χ0v) is 29.5. The van der Waals surface area contributed by atoms with Crippen LogP contribution in [0.15, 0.2) is 180 Å². The van der Waals surface area contributed by atoms with Crippen molar-refractivity contribution in [2.75, 3.05) is 4.90 Å². The highest BCUT2D eigenvalue weighted by Gasteiger charge is 2.17. The molecular formula is C48H29NOS2. The van der Waals surface area contributed by atoms with E-state index in [-0.39, 0.29) is 0 Å². The van der Waals surface area contributed by atoms with E-state index in [0.29, 0.717) is 0 Å². The summed E-state index contributed by atoms with van der Waals surface area (Å²) in [6, 6.07) is 63.8. The molecule has 0 bridgehead atoms. The third-order valence-corrected chi connectivity index (χ3v) is 12.6. The molecule has 11 rings (SSSR count). The van der Waals surface area contributed by atoms with Gasteiger partial charge in [-0.25, -0.2) is 0 Å². The lowest BCUT2D eigenvalue weighted by molar-refractivity contribution is 0.669. The summed E-state index contributed by atoms with van der Waals surface area (Å²) >= 11 is 3.72. The number of hydrogen-bond donors (Lipinski definition) is 0. The van der Waals surface area contributed by atoms with E-state index < -0.39 is 0 Å². The zero-order valence-electron chi connectivity index (χ0n) is 27.9. The number of para-hydroxylation sites is 1. The van der Waals surface area contributed by atoms with Gasteiger partial charge in [0.25, 0.3) is 0 Å². The quantitative estimate of drug-likeness (QED) is 0.178. The lowest BCUT2D eigenvalue weighted by Crippen LogP contribution is -2.09. The second-order valence-corrected chi connectivity index (χ2v) is 15.5. The molecule has 52 heavy (non-hydrogen) atoms. The summed E-state index contributed by atoms with van der Waals surface area (Å²) in [5.74, 6) is 0. The van der Waals surface area contributed by atoms with Gasteiger partial charge in [-0.1, -0.05) is 97.1 Å². The summed E-state index contributed by atoms with van der Waals surface area (Å²) in [6.45, 7) is 0. The maximum Gasteiger partial charge on any atom is 0.137 e. The SMILES string of the molecule is c1ccc2c(c1)oc1cc(N(c3ccc(-c4ccc5c(c4)sc4ccccc45)cc3)c3ccc(-c4ccc5sc6ccccc6c5c4)cc3)ccc12. The van der Waals surface area contributed by atoms with Crippen molar-refractivity contribution in [3.8, 4) is 22.3 Å². The predicted molar refractivity (Wildman–Crippen MR) is 225 cm³/mol. The molecule has 0 N–H and O–H groups in total. The molecule has 0 spiro atoms. The molecule has 11 aromatic rings. The van der Waals surface area contributed by atoms with Crippen LogP contribution in [0.25, 0.3) is 84.5 Å². The van der Waals surface area contributed by atoms with E-state index in [1.165, 1.54) is 62.6 Å². The summed E-state index contributed by atoms with van der Waals surface area (Å²) in [6.07, 6.45) is 0. The fourth-order valence-corrected chi connectivity index (χ4v) is 9.95. The van der Waals surface area contributed by atoms with Gasteiger partial charge in [0.1, 0.15) is 11.2 Å². The normalized spacial score (nSPS) is 11.8. The van der Waals surface area contributed by atoms with Crippen LogP contribution >= 0.6 is 22.7 Å². The average Bonchev–Trinajstić information content (AvgIpc) is 3.89. The van der Waals surface area contributed by atoms with Crippen LogP contribution < -0.4 is 4.90 Å². The van der Waals surface area contributed by atoms with E-state index in [1.54, 1.807) is 0 Å². The zero-order chi connectivity index (χ0) is 34.2. The first-order valence-electron chi connectivity index (χ1n) is 17.5. The number of fused-ring (bicyclic) bond motifs is 9. The van der Waals surface area contributed by atoms with Crippen molar-refractivity contribution in [2.45, 2.75) is 0 Å². The molecule has 0 aliphatic heterocycles. The van der Waals surface area contributed by atoms with E-state index >= 15 is 0 Å². The second-order valence-electron chi connectivity index (χ2n) is 13.3. The minimum atomic E-state index is 0.880. The standard InChI is InChI=1S/C48H29NOS2/c1-4-10-43-37(7-1)38-25-23-36(29-44(38)50-43)49(34-19-13-30(14-20-34)32-18-26-47-42(27-32)40-9-3-6-12-46(40)51-47)35-21-15-31(16-22-35)33-17-24-41-39-8-2-5-11-45(39)52-48(41)28-33/h1-29H. The molecule has 3 heterocycles. The van der Waals surface area contributed by atoms with Gasteiger partial charge in [-0.3, -0.25) is 0 Å². The Morgan fingerprint density at radius 3 is 1.52 bits per heavy atom. The molecule has 3 aromatic heterocycles. The number of hydrogen-bond acceptors (Lipinski definition) is 4. The van der Waals surface area contributed by atoms with Crippen LogP contribution in [-0.4, -0.2) is 0 Å². The molecule has 0 unspecified atom stereocenters. The van der Waals surface area contributed by atoms with Crippen LogP contribution in [0.3, 0.4) is 0 Å². The third kappa shape index (κ3) is 4.76. The predicted octanol–water partition coefficient (Wildman–Crippen LogP) is 15.1. The van der Waals surface area contributed by atoms with Crippen molar-refractivity contribution in [1.82, 2.24) is 0 Å². The topological polar surface area (TPSA) is 16.4 Å².